The van der Waals surface area contributed by atoms with Gasteiger partial charge in [-0.1, -0.05) is 48.5 Å². The van der Waals surface area contributed by atoms with Crippen LogP contribution in [-0.4, -0.2) is 53.9 Å². The van der Waals surface area contributed by atoms with Gasteiger partial charge in [-0.25, -0.2) is 0 Å². The fourth-order valence-corrected chi connectivity index (χ4v) is 5.53. The van der Waals surface area contributed by atoms with E-state index in [-0.39, 0.29) is 44.5 Å². The summed E-state index contributed by atoms with van der Waals surface area (Å²) in [5.74, 6) is 0.346. The van der Waals surface area contributed by atoms with Gasteiger partial charge in [-0.05, 0) is 50.7 Å². The average molecular weight is 524 g/mol. The molecule has 0 spiro atoms. The van der Waals surface area contributed by atoms with Gasteiger partial charge in [-0.3, -0.25) is 9.59 Å². The minimum atomic E-state index is 0. The molecule has 2 aliphatic rings. The largest absolute Gasteiger partial charge is 0.342 e. The third kappa shape index (κ3) is 6.52. The summed E-state index contributed by atoms with van der Waals surface area (Å²) in [4.78, 5) is 28.6. The number of anilines is 1. The number of carbonyl (C=O) groups excluding carboxylic acids is 2. The van der Waals surface area contributed by atoms with E-state index in [0.717, 1.165) is 75.2 Å². The molecule has 0 bridgehead atoms. The second-order valence-corrected chi connectivity index (χ2v) is 9.74. The molecule has 2 atom stereocenters. The number of benzene rings is 2. The third-order valence-electron chi connectivity index (χ3n) is 7.15. The van der Waals surface area contributed by atoms with Gasteiger partial charge in [0.2, 0.25) is 5.91 Å². The molecule has 1 N–H and O–H groups in total. The summed E-state index contributed by atoms with van der Waals surface area (Å²) in [7, 11) is 0. The van der Waals surface area contributed by atoms with Crippen LogP contribution in [0.3, 0.4) is 0 Å². The smallest absolute Gasteiger partial charge is 0.279 e. The number of nitrogens with one attached hydrogen (secondary N) is 1. The molecule has 2 heterocycles. The van der Waals surface area contributed by atoms with E-state index < -0.39 is 0 Å². The van der Waals surface area contributed by atoms with Crippen LogP contribution in [-0.2, 0) is 48.8 Å². The molecule has 2 aliphatic heterocycles. The summed E-state index contributed by atoms with van der Waals surface area (Å²) >= 11 is 0. The fraction of sp³-hybridized carbons (Fsp3) is 0.481. The van der Waals surface area contributed by atoms with Crippen LogP contribution in [0.4, 0.5) is 5.69 Å². The van der Waals surface area contributed by atoms with Crippen LogP contribution in [0.15, 0.2) is 48.5 Å². The number of para-hydroxylation sites is 1. The second-order valence-electron chi connectivity index (χ2n) is 9.74. The number of hydrogen-bond acceptors (Lipinski definition) is 2. The topological polar surface area (TPSA) is 49.4 Å². The number of rotatable bonds is 6. The van der Waals surface area contributed by atoms with E-state index in [0.29, 0.717) is 16.9 Å². The summed E-state index contributed by atoms with van der Waals surface area (Å²) < 4.78 is 0.644. The minimum absolute atomic E-state index is 0. The number of quaternary nitrogens is 1. The maximum absolute atomic E-state index is 13.3. The number of likely N-dealkylation sites (tertiary alicyclic amines) is 2. The van der Waals surface area contributed by atoms with Crippen LogP contribution in [0.1, 0.15) is 42.4 Å². The van der Waals surface area contributed by atoms with Crippen LogP contribution in [0, 0.1) is 19.8 Å². The molecule has 2 aromatic carbocycles. The van der Waals surface area contributed by atoms with Crippen molar-refractivity contribution in [3.8, 4) is 0 Å². The fourth-order valence-electron chi connectivity index (χ4n) is 5.53. The minimum Gasteiger partial charge on any atom is -0.342 e. The molecule has 1 radical (unpaired) electrons. The molecule has 33 heavy (non-hydrogen) atoms. The molecule has 0 saturated carbocycles. The summed E-state index contributed by atoms with van der Waals surface area (Å²) in [6.45, 7) is 8.69. The van der Waals surface area contributed by atoms with Gasteiger partial charge in [0.1, 0.15) is 6.54 Å². The van der Waals surface area contributed by atoms with Crippen molar-refractivity contribution in [3.63, 3.8) is 0 Å². The number of hydrogen-bond donors (Lipinski definition) is 1. The molecule has 0 aromatic heterocycles. The summed E-state index contributed by atoms with van der Waals surface area (Å²) in [6, 6.07) is 16.5. The van der Waals surface area contributed by atoms with Gasteiger partial charge >= 0.3 is 0 Å². The quantitative estimate of drug-likeness (QED) is 0.575. The Hall–Kier alpha value is -1.56. The van der Waals surface area contributed by atoms with E-state index in [9.17, 15) is 9.59 Å². The van der Waals surface area contributed by atoms with Crippen LogP contribution in [0.5, 0.6) is 0 Å². The molecular formula is C27H36N3O2Y+. The molecule has 2 fully saturated rings. The summed E-state index contributed by atoms with van der Waals surface area (Å²) in [5, 5.41) is 3.19. The molecule has 5 nitrogen and oxygen atoms in total. The predicted octanol–water partition coefficient (Wildman–Crippen LogP) is 4.29. The number of piperidine rings is 1. The van der Waals surface area contributed by atoms with Crippen molar-refractivity contribution in [1.29, 1.82) is 0 Å². The zero-order valence-electron chi connectivity index (χ0n) is 20.1. The zero-order valence-corrected chi connectivity index (χ0v) is 22.9. The Kier molecular flexibility index (Phi) is 9.26. The Morgan fingerprint density at radius 3 is 2.30 bits per heavy atom. The van der Waals surface area contributed by atoms with Gasteiger partial charge in [0.25, 0.3) is 5.91 Å². The average Bonchev–Trinajstić information content (AvgIpc) is 3.31. The Morgan fingerprint density at radius 1 is 0.970 bits per heavy atom. The van der Waals surface area contributed by atoms with Crippen molar-refractivity contribution in [2.75, 3.05) is 38.0 Å². The maximum Gasteiger partial charge on any atom is 0.279 e. The van der Waals surface area contributed by atoms with Crippen LogP contribution in [0.2, 0.25) is 0 Å². The van der Waals surface area contributed by atoms with Gasteiger partial charge in [0.05, 0.1) is 19.0 Å². The third-order valence-corrected chi connectivity index (χ3v) is 7.15. The Balaban J connectivity index is 0.00000306. The summed E-state index contributed by atoms with van der Waals surface area (Å²) in [5.41, 5.74) is 4.29. The SMILES string of the molecule is Cc1cccc(C)c1NC(=O)C[N+]1(Cc2ccccc2)CCCC(C(=O)N2CCCC2)C1.[Y]. The van der Waals surface area contributed by atoms with E-state index >= 15 is 0 Å². The molecule has 173 valence electrons. The van der Waals surface area contributed by atoms with Gasteiger partial charge < -0.3 is 14.7 Å². The number of carbonyl (C=O) groups is 2. The van der Waals surface area contributed by atoms with Gasteiger partial charge in [-0.15, -0.1) is 0 Å². The van der Waals surface area contributed by atoms with Gasteiger partial charge in [0, 0.05) is 57.0 Å². The molecule has 4 rings (SSSR count). The normalized spacial score (nSPS) is 22.5. The van der Waals surface area contributed by atoms with Crippen LogP contribution >= 0.6 is 0 Å². The van der Waals surface area contributed by atoms with E-state index in [1.54, 1.807) is 0 Å². The van der Waals surface area contributed by atoms with E-state index in [2.05, 4.69) is 29.6 Å². The van der Waals surface area contributed by atoms with E-state index in [1.807, 2.05) is 43.0 Å². The van der Waals surface area contributed by atoms with E-state index in [1.165, 1.54) is 5.56 Å². The molecule has 2 aromatic rings. The first-order chi connectivity index (χ1) is 15.5. The van der Waals surface area contributed by atoms with Crippen molar-refractivity contribution in [2.24, 2.45) is 5.92 Å². The van der Waals surface area contributed by atoms with Crippen molar-refractivity contribution >= 4 is 17.5 Å². The summed E-state index contributed by atoms with van der Waals surface area (Å²) in [6.07, 6.45) is 4.14. The zero-order chi connectivity index (χ0) is 22.6. The van der Waals surface area contributed by atoms with Crippen molar-refractivity contribution in [3.05, 3.63) is 65.2 Å². The van der Waals surface area contributed by atoms with Gasteiger partial charge in [-0.2, -0.15) is 0 Å². The number of nitrogens with zero attached hydrogens (tertiary/aromatic N) is 2. The number of amides is 2. The van der Waals surface area contributed by atoms with Crippen LogP contribution < -0.4 is 5.32 Å². The molecule has 0 aliphatic carbocycles. The Bertz CT molecular complexity index is 939. The first-order valence-electron chi connectivity index (χ1n) is 12.0. The standard InChI is InChI=1S/C27H35N3O2.Y/c1-21-10-8-11-22(2)26(21)28-25(31)20-30(18-23-12-4-3-5-13-23)17-9-14-24(19-30)27(32)29-15-6-7-16-29;/h3-5,8,10-13,24H,6-7,9,14-20H2,1-2H3;/p+1. The monoisotopic (exact) mass is 523 g/mol. The first-order valence-corrected chi connectivity index (χ1v) is 12.0. The van der Waals surface area contributed by atoms with Crippen LogP contribution in [0.25, 0.3) is 0 Å². The molecule has 2 amide bonds. The molecule has 2 unspecified atom stereocenters. The molecular weight excluding hydrogens is 487 g/mol. The molecule has 6 heteroatoms. The van der Waals surface area contributed by atoms with Crippen molar-refractivity contribution < 1.29 is 46.8 Å². The molecule has 2 saturated heterocycles. The Labute approximate surface area is 223 Å². The number of aryl methyl sites for hydroxylation is 2. The van der Waals surface area contributed by atoms with Crippen molar-refractivity contribution in [2.45, 2.75) is 46.1 Å². The van der Waals surface area contributed by atoms with Crippen molar-refractivity contribution in [1.82, 2.24) is 4.90 Å². The van der Waals surface area contributed by atoms with Gasteiger partial charge in [0.15, 0.2) is 6.54 Å². The van der Waals surface area contributed by atoms with E-state index in [4.69, 9.17) is 0 Å². The maximum atomic E-state index is 13.3. The Morgan fingerprint density at radius 2 is 1.64 bits per heavy atom. The first kappa shape index (κ1) is 26.1. The predicted molar refractivity (Wildman–Crippen MR) is 128 cm³/mol. The second kappa shape index (κ2) is 11.7.